The first-order valence-electron chi connectivity index (χ1n) is 4.60. The molecule has 0 bridgehead atoms. The summed E-state index contributed by atoms with van der Waals surface area (Å²) in [6.45, 7) is 1.92. The van der Waals surface area contributed by atoms with E-state index in [9.17, 15) is 4.79 Å². The third-order valence-electron chi connectivity index (χ3n) is 2.76. The number of rotatable bonds is 1. The quantitative estimate of drug-likeness (QED) is 0.677. The molecule has 0 N–H and O–H groups in total. The Balaban J connectivity index is 2.53. The smallest absolute Gasteiger partial charge is 0.234 e. The predicted molar refractivity (Wildman–Crippen MR) is 54.8 cm³/mol. The molecule has 0 unspecified atom stereocenters. The van der Waals surface area contributed by atoms with Crippen LogP contribution in [0.15, 0.2) is 18.2 Å². The Morgan fingerprint density at radius 3 is 2.79 bits per heavy atom. The Hall–Kier alpha value is -1.51. The molecular formula is C11H13NO2. The highest BCUT2D eigenvalue weighted by Crippen LogP contribution is 2.37. The minimum absolute atomic E-state index is 0.0508. The summed E-state index contributed by atoms with van der Waals surface area (Å²) in [4.78, 5) is 13.3. The number of carbonyl (C=O) groups is 1. The summed E-state index contributed by atoms with van der Waals surface area (Å²) in [6.07, 6.45) is 0. The average Bonchev–Trinajstić information content (AvgIpc) is 2.44. The third-order valence-corrected chi connectivity index (χ3v) is 2.76. The molecule has 1 aliphatic rings. The standard InChI is InChI=1S/C11H13NO2/c1-7-9-6-8(14-3)4-5-10(9)12(2)11(7)13/h4-7H,1-3H3/t7-/m1/s1. The Morgan fingerprint density at radius 1 is 1.43 bits per heavy atom. The topological polar surface area (TPSA) is 29.5 Å². The number of amides is 1. The van der Waals surface area contributed by atoms with E-state index in [1.807, 2.05) is 25.1 Å². The number of ether oxygens (including phenoxy) is 1. The number of benzene rings is 1. The molecule has 0 fully saturated rings. The molecule has 1 atom stereocenters. The molecule has 3 nitrogen and oxygen atoms in total. The van der Waals surface area contributed by atoms with Crippen molar-refractivity contribution in [1.82, 2.24) is 0 Å². The first-order chi connectivity index (χ1) is 6.65. The van der Waals surface area contributed by atoms with Gasteiger partial charge < -0.3 is 9.64 Å². The van der Waals surface area contributed by atoms with E-state index in [2.05, 4.69) is 0 Å². The van der Waals surface area contributed by atoms with E-state index in [4.69, 9.17) is 4.74 Å². The highest BCUT2D eigenvalue weighted by Gasteiger charge is 2.31. The molecular weight excluding hydrogens is 178 g/mol. The summed E-state index contributed by atoms with van der Waals surface area (Å²) in [5, 5.41) is 0. The zero-order valence-electron chi connectivity index (χ0n) is 8.57. The van der Waals surface area contributed by atoms with E-state index in [1.165, 1.54) is 0 Å². The van der Waals surface area contributed by atoms with Crippen molar-refractivity contribution < 1.29 is 9.53 Å². The molecule has 1 aromatic rings. The SMILES string of the molecule is COc1ccc2c(c1)[C@@H](C)C(=O)N2C. The number of hydrogen-bond acceptors (Lipinski definition) is 2. The van der Waals surface area contributed by atoms with Crippen molar-refractivity contribution in [3.8, 4) is 5.75 Å². The molecule has 74 valence electrons. The minimum atomic E-state index is -0.0508. The van der Waals surface area contributed by atoms with Crippen molar-refractivity contribution in [3.05, 3.63) is 23.8 Å². The Bertz CT molecular complexity index is 387. The second kappa shape index (κ2) is 3.01. The first-order valence-corrected chi connectivity index (χ1v) is 4.60. The largest absolute Gasteiger partial charge is 0.497 e. The van der Waals surface area contributed by atoms with Crippen LogP contribution >= 0.6 is 0 Å². The van der Waals surface area contributed by atoms with Gasteiger partial charge in [-0.05, 0) is 30.7 Å². The summed E-state index contributed by atoms with van der Waals surface area (Å²) < 4.78 is 5.13. The van der Waals surface area contributed by atoms with E-state index >= 15 is 0 Å². The number of fused-ring (bicyclic) bond motifs is 1. The number of hydrogen-bond donors (Lipinski definition) is 0. The molecule has 14 heavy (non-hydrogen) atoms. The summed E-state index contributed by atoms with van der Waals surface area (Å²) in [6, 6.07) is 5.73. The Labute approximate surface area is 83.3 Å². The number of nitrogens with zero attached hydrogens (tertiary/aromatic N) is 1. The van der Waals surface area contributed by atoms with Crippen LogP contribution in [0.1, 0.15) is 18.4 Å². The molecule has 0 radical (unpaired) electrons. The van der Waals surface area contributed by atoms with Gasteiger partial charge in [0.2, 0.25) is 5.91 Å². The Kier molecular flexibility index (Phi) is 1.95. The number of carbonyl (C=O) groups excluding carboxylic acids is 1. The van der Waals surface area contributed by atoms with Crippen LogP contribution in [-0.4, -0.2) is 20.1 Å². The minimum Gasteiger partial charge on any atom is -0.497 e. The van der Waals surface area contributed by atoms with E-state index in [-0.39, 0.29) is 11.8 Å². The van der Waals surface area contributed by atoms with Crippen LogP contribution in [0.2, 0.25) is 0 Å². The molecule has 0 aromatic heterocycles. The molecule has 1 aliphatic heterocycles. The predicted octanol–water partition coefficient (Wildman–Crippen LogP) is 1.78. The maximum atomic E-state index is 11.6. The van der Waals surface area contributed by atoms with Gasteiger partial charge in [-0.25, -0.2) is 0 Å². The van der Waals surface area contributed by atoms with Crippen LogP contribution in [0.4, 0.5) is 5.69 Å². The van der Waals surface area contributed by atoms with Gasteiger partial charge in [0, 0.05) is 12.7 Å². The van der Waals surface area contributed by atoms with Crippen LogP contribution in [-0.2, 0) is 4.79 Å². The fourth-order valence-electron chi connectivity index (χ4n) is 1.85. The van der Waals surface area contributed by atoms with Crippen molar-refractivity contribution in [1.29, 1.82) is 0 Å². The fraction of sp³-hybridized carbons (Fsp3) is 0.364. The first kappa shape index (κ1) is 9.06. The van der Waals surface area contributed by atoms with Gasteiger partial charge in [-0.2, -0.15) is 0 Å². The highest BCUT2D eigenvalue weighted by atomic mass is 16.5. The maximum Gasteiger partial charge on any atom is 0.234 e. The van der Waals surface area contributed by atoms with E-state index in [0.717, 1.165) is 17.0 Å². The second-order valence-corrected chi connectivity index (χ2v) is 3.54. The molecule has 0 aliphatic carbocycles. The molecule has 0 spiro atoms. The lowest BCUT2D eigenvalue weighted by molar-refractivity contribution is -0.118. The van der Waals surface area contributed by atoms with Crippen molar-refractivity contribution in [2.75, 3.05) is 19.1 Å². The van der Waals surface area contributed by atoms with Gasteiger partial charge in [-0.1, -0.05) is 0 Å². The van der Waals surface area contributed by atoms with Crippen LogP contribution in [0, 0.1) is 0 Å². The number of likely N-dealkylation sites (N-methyl/N-ethyl adjacent to an activating group) is 1. The summed E-state index contributed by atoms with van der Waals surface area (Å²) in [7, 11) is 3.43. The Morgan fingerprint density at radius 2 is 2.14 bits per heavy atom. The molecule has 1 aromatic carbocycles. The number of methoxy groups -OCH3 is 1. The van der Waals surface area contributed by atoms with Gasteiger partial charge in [-0.15, -0.1) is 0 Å². The highest BCUT2D eigenvalue weighted by molar-refractivity contribution is 6.04. The van der Waals surface area contributed by atoms with Crippen molar-refractivity contribution >= 4 is 11.6 Å². The van der Waals surface area contributed by atoms with Crippen molar-refractivity contribution in [2.24, 2.45) is 0 Å². The zero-order chi connectivity index (χ0) is 10.3. The normalized spacial score (nSPS) is 19.8. The lowest BCUT2D eigenvalue weighted by Gasteiger charge is -2.09. The van der Waals surface area contributed by atoms with E-state index < -0.39 is 0 Å². The molecule has 0 saturated heterocycles. The van der Waals surface area contributed by atoms with Gasteiger partial charge >= 0.3 is 0 Å². The van der Waals surface area contributed by atoms with E-state index in [1.54, 1.807) is 19.1 Å². The fourth-order valence-corrected chi connectivity index (χ4v) is 1.85. The van der Waals surface area contributed by atoms with Crippen molar-refractivity contribution in [2.45, 2.75) is 12.8 Å². The average molecular weight is 191 g/mol. The summed E-state index contributed by atoms with van der Waals surface area (Å²) in [5.74, 6) is 0.900. The third kappa shape index (κ3) is 1.09. The van der Waals surface area contributed by atoms with Crippen LogP contribution in [0.25, 0.3) is 0 Å². The van der Waals surface area contributed by atoms with Gasteiger partial charge in [0.05, 0.1) is 13.0 Å². The van der Waals surface area contributed by atoms with E-state index in [0.29, 0.717) is 0 Å². The van der Waals surface area contributed by atoms with Gasteiger partial charge in [0.25, 0.3) is 0 Å². The zero-order valence-corrected chi connectivity index (χ0v) is 8.57. The summed E-state index contributed by atoms with van der Waals surface area (Å²) in [5.41, 5.74) is 2.04. The van der Waals surface area contributed by atoms with Gasteiger partial charge in [-0.3, -0.25) is 4.79 Å². The lowest BCUT2D eigenvalue weighted by Crippen LogP contribution is -2.22. The van der Waals surface area contributed by atoms with Crippen LogP contribution in [0.3, 0.4) is 0 Å². The summed E-state index contributed by atoms with van der Waals surface area (Å²) >= 11 is 0. The van der Waals surface area contributed by atoms with Gasteiger partial charge in [0.15, 0.2) is 0 Å². The second-order valence-electron chi connectivity index (χ2n) is 3.54. The number of anilines is 1. The molecule has 1 heterocycles. The van der Waals surface area contributed by atoms with Crippen LogP contribution < -0.4 is 9.64 Å². The maximum absolute atomic E-state index is 11.6. The van der Waals surface area contributed by atoms with Gasteiger partial charge in [0.1, 0.15) is 5.75 Å². The molecule has 2 rings (SSSR count). The van der Waals surface area contributed by atoms with Crippen LogP contribution in [0.5, 0.6) is 5.75 Å². The monoisotopic (exact) mass is 191 g/mol. The van der Waals surface area contributed by atoms with Crippen molar-refractivity contribution in [3.63, 3.8) is 0 Å². The lowest BCUT2D eigenvalue weighted by atomic mass is 10.0. The molecule has 1 amide bonds. The molecule has 3 heteroatoms. The molecule has 0 saturated carbocycles.